The summed E-state index contributed by atoms with van der Waals surface area (Å²) in [5, 5.41) is -0.341. The molecule has 4 nitrogen and oxygen atoms in total. The van der Waals surface area contributed by atoms with Crippen LogP contribution in [-0.2, 0) is 6.18 Å². The van der Waals surface area contributed by atoms with Crippen LogP contribution >= 0.6 is 11.8 Å². The molecule has 0 amide bonds. The molecule has 0 spiro atoms. The Hall–Kier alpha value is -1.96. The van der Waals surface area contributed by atoms with Gasteiger partial charge >= 0.3 is 6.18 Å². The lowest BCUT2D eigenvalue weighted by molar-refractivity contribution is -0.141. The minimum atomic E-state index is -4.75. The lowest BCUT2D eigenvalue weighted by atomic mass is 10.3. The molecule has 1 aromatic carbocycles. The lowest BCUT2D eigenvalue weighted by Gasteiger charge is -2.13. The molecule has 0 aliphatic carbocycles. The number of hydrogen-bond acceptors (Lipinski definition) is 4. The average molecular weight is 329 g/mol. The minimum Gasteiger partial charge on any atom is -0.378 e. The fourth-order valence-corrected chi connectivity index (χ4v) is 2.80. The Labute approximate surface area is 129 Å². The molecule has 1 N–H and O–H groups in total. The third kappa shape index (κ3) is 3.62. The second kappa shape index (κ2) is 6.04. The number of aromatic amines is 1. The number of rotatable bonds is 3. The fourth-order valence-electron chi connectivity index (χ4n) is 1.81. The molecule has 0 unspecified atom stereocenters. The van der Waals surface area contributed by atoms with Gasteiger partial charge < -0.3 is 9.88 Å². The van der Waals surface area contributed by atoms with E-state index in [1.54, 1.807) is 24.3 Å². The highest BCUT2D eigenvalue weighted by Crippen LogP contribution is 2.36. The van der Waals surface area contributed by atoms with Gasteiger partial charge in [0.2, 0.25) is 0 Å². The molecule has 0 saturated heterocycles. The van der Waals surface area contributed by atoms with Crippen LogP contribution in [0.25, 0.3) is 0 Å². The van der Waals surface area contributed by atoms with Crippen molar-refractivity contribution < 1.29 is 13.2 Å². The topological polar surface area (TPSA) is 49.0 Å². The molecule has 1 heterocycles. The average Bonchev–Trinajstić information content (AvgIpc) is 2.36. The Bertz CT molecular complexity index is 724. The van der Waals surface area contributed by atoms with Crippen LogP contribution in [0, 0.1) is 6.92 Å². The normalized spacial score (nSPS) is 11.5. The quantitative estimate of drug-likeness (QED) is 0.878. The summed E-state index contributed by atoms with van der Waals surface area (Å²) in [6.07, 6.45) is -4.75. The van der Waals surface area contributed by atoms with E-state index in [4.69, 9.17) is 0 Å². The van der Waals surface area contributed by atoms with Crippen molar-refractivity contribution in [1.82, 2.24) is 9.97 Å². The highest BCUT2D eigenvalue weighted by Gasteiger charge is 2.38. The molecule has 2 aromatic rings. The Morgan fingerprint density at radius 1 is 1.18 bits per heavy atom. The lowest BCUT2D eigenvalue weighted by Crippen LogP contribution is -2.24. The highest BCUT2D eigenvalue weighted by molar-refractivity contribution is 7.99. The maximum atomic E-state index is 13.0. The van der Waals surface area contributed by atoms with Crippen molar-refractivity contribution in [3.8, 4) is 0 Å². The number of nitrogens with zero attached hydrogens (tertiary/aromatic N) is 2. The molecule has 0 aliphatic rings. The van der Waals surface area contributed by atoms with Crippen molar-refractivity contribution in [2.45, 2.75) is 23.0 Å². The molecule has 1 aromatic heterocycles. The van der Waals surface area contributed by atoms with Gasteiger partial charge in [-0.2, -0.15) is 13.2 Å². The number of halogens is 3. The van der Waals surface area contributed by atoms with Gasteiger partial charge in [0.1, 0.15) is 10.9 Å². The minimum absolute atomic E-state index is 0.144. The molecule has 118 valence electrons. The number of anilines is 1. The monoisotopic (exact) mass is 329 g/mol. The molecule has 0 atom stereocenters. The summed E-state index contributed by atoms with van der Waals surface area (Å²) >= 11 is 0.820. The molecule has 2 rings (SSSR count). The van der Waals surface area contributed by atoms with Gasteiger partial charge in [0.05, 0.1) is 0 Å². The van der Waals surface area contributed by atoms with Crippen molar-refractivity contribution in [3.63, 3.8) is 0 Å². The van der Waals surface area contributed by atoms with E-state index >= 15 is 0 Å². The second-order valence-electron chi connectivity index (χ2n) is 4.82. The first-order valence-corrected chi connectivity index (χ1v) is 7.13. The molecule has 0 radical (unpaired) electrons. The maximum absolute atomic E-state index is 13.0. The second-order valence-corrected chi connectivity index (χ2v) is 5.88. The van der Waals surface area contributed by atoms with Crippen molar-refractivity contribution in [1.29, 1.82) is 0 Å². The third-order valence-corrected chi connectivity index (χ3v) is 3.85. The van der Waals surface area contributed by atoms with Crippen LogP contribution < -0.4 is 10.5 Å². The zero-order valence-corrected chi connectivity index (χ0v) is 13.0. The molecule has 0 bridgehead atoms. The highest BCUT2D eigenvalue weighted by atomic mass is 32.2. The van der Waals surface area contributed by atoms with E-state index in [9.17, 15) is 18.0 Å². The van der Waals surface area contributed by atoms with Crippen molar-refractivity contribution in [3.05, 3.63) is 46.0 Å². The van der Waals surface area contributed by atoms with Gasteiger partial charge in [0, 0.05) is 24.7 Å². The van der Waals surface area contributed by atoms with Gasteiger partial charge in [-0.25, -0.2) is 4.98 Å². The number of aryl methyl sites for hydroxylation is 1. The Kier molecular flexibility index (Phi) is 4.50. The largest absolute Gasteiger partial charge is 0.424 e. The van der Waals surface area contributed by atoms with Crippen LogP contribution in [0.5, 0.6) is 0 Å². The number of nitrogens with one attached hydrogen (secondary N) is 1. The first-order chi connectivity index (χ1) is 10.2. The Balaban J connectivity index is 2.43. The zero-order chi connectivity index (χ0) is 16.5. The van der Waals surface area contributed by atoms with E-state index in [0.717, 1.165) is 17.4 Å². The molecule has 0 saturated carbocycles. The van der Waals surface area contributed by atoms with Crippen molar-refractivity contribution in [2.75, 3.05) is 19.0 Å². The van der Waals surface area contributed by atoms with E-state index < -0.39 is 17.3 Å². The zero-order valence-electron chi connectivity index (χ0n) is 12.2. The predicted octanol–water partition coefficient (Wildman–Crippen LogP) is 3.31. The van der Waals surface area contributed by atoms with Gasteiger partial charge in [0.15, 0.2) is 5.56 Å². The summed E-state index contributed by atoms with van der Waals surface area (Å²) in [4.78, 5) is 20.0. The molecular weight excluding hydrogens is 315 g/mol. The molecule has 8 heteroatoms. The number of benzene rings is 1. The number of hydrogen-bond donors (Lipinski definition) is 1. The van der Waals surface area contributed by atoms with Gasteiger partial charge in [-0.3, -0.25) is 4.79 Å². The van der Waals surface area contributed by atoms with E-state index in [1.165, 1.54) is 6.92 Å². The van der Waals surface area contributed by atoms with Gasteiger partial charge in [-0.1, -0.05) is 11.8 Å². The maximum Gasteiger partial charge on any atom is 0.424 e. The smallest absolute Gasteiger partial charge is 0.378 e. The van der Waals surface area contributed by atoms with Gasteiger partial charge in [-0.15, -0.1) is 0 Å². The van der Waals surface area contributed by atoms with Crippen LogP contribution in [0.4, 0.5) is 18.9 Å². The number of alkyl halides is 3. The summed E-state index contributed by atoms with van der Waals surface area (Å²) in [6.45, 7) is 1.45. The molecule has 22 heavy (non-hydrogen) atoms. The SMILES string of the molecule is Cc1nc(Sc2ccc(N(C)C)cc2)c(C(F)(F)F)c(=O)[nH]1. The van der Waals surface area contributed by atoms with Crippen LogP contribution in [0.3, 0.4) is 0 Å². The van der Waals surface area contributed by atoms with Gasteiger partial charge in [0.25, 0.3) is 5.56 Å². The van der Waals surface area contributed by atoms with E-state index in [1.807, 2.05) is 19.0 Å². The summed E-state index contributed by atoms with van der Waals surface area (Å²) < 4.78 is 39.1. The van der Waals surface area contributed by atoms with E-state index in [0.29, 0.717) is 4.90 Å². The van der Waals surface area contributed by atoms with Crippen molar-refractivity contribution >= 4 is 17.4 Å². The molecule has 0 aliphatic heterocycles. The van der Waals surface area contributed by atoms with Crippen molar-refractivity contribution in [2.24, 2.45) is 0 Å². The van der Waals surface area contributed by atoms with E-state index in [2.05, 4.69) is 9.97 Å². The summed E-state index contributed by atoms with van der Waals surface area (Å²) in [5.74, 6) is 0.144. The number of H-pyrrole nitrogens is 1. The third-order valence-electron chi connectivity index (χ3n) is 2.86. The standard InChI is InChI=1S/C14H14F3N3OS/c1-8-18-12(21)11(14(15,16)17)13(19-8)22-10-6-4-9(5-7-10)20(2)3/h4-7H,1-3H3,(H,18,19,21). The predicted molar refractivity (Wildman–Crippen MR) is 79.5 cm³/mol. The summed E-state index contributed by atoms with van der Waals surface area (Å²) in [5.41, 5.74) is -1.51. The molecular formula is C14H14F3N3OS. The first kappa shape index (κ1) is 16.4. The summed E-state index contributed by atoms with van der Waals surface area (Å²) in [7, 11) is 3.73. The van der Waals surface area contributed by atoms with Gasteiger partial charge in [-0.05, 0) is 31.2 Å². The van der Waals surface area contributed by atoms with Crippen LogP contribution in [-0.4, -0.2) is 24.1 Å². The summed E-state index contributed by atoms with van der Waals surface area (Å²) in [6, 6.07) is 6.96. The van der Waals surface area contributed by atoms with Crippen LogP contribution in [0.2, 0.25) is 0 Å². The van der Waals surface area contributed by atoms with E-state index in [-0.39, 0.29) is 10.9 Å². The van der Waals surface area contributed by atoms with Crippen LogP contribution in [0.15, 0.2) is 39.0 Å². The Morgan fingerprint density at radius 3 is 2.27 bits per heavy atom. The molecule has 0 fully saturated rings. The van der Waals surface area contributed by atoms with Crippen LogP contribution in [0.1, 0.15) is 11.4 Å². The first-order valence-electron chi connectivity index (χ1n) is 6.32. The Morgan fingerprint density at radius 2 is 1.77 bits per heavy atom. The number of aromatic nitrogens is 2. The fraction of sp³-hybridized carbons (Fsp3) is 0.286.